The Bertz CT molecular complexity index is 879. The maximum absolute atomic E-state index is 13.0. The van der Waals surface area contributed by atoms with Gasteiger partial charge in [-0.05, 0) is 38.3 Å². The number of benzene rings is 1. The van der Waals surface area contributed by atoms with Crippen molar-refractivity contribution in [1.82, 2.24) is 14.3 Å². The van der Waals surface area contributed by atoms with Crippen LogP contribution < -0.4 is 4.90 Å². The summed E-state index contributed by atoms with van der Waals surface area (Å²) in [7, 11) is -1.53. The van der Waals surface area contributed by atoms with Crippen LogP contribution in [0.3, 0.4) is 0 Å². The Balaban J connectivity index is 1.70. The molecule has 0 atom stereocenters. The number of halogens is 1. The average Bonchev–Trinajstić information content (AvgIpc) is 2.61. The topological polar surface area (TPSA) is 66.4 Å². The first-order valence-electron chi connectivity index (χ1n) is 8.57. The van der Waals surface area contributed by atoms with Crippen LogP contribution in [-0.2, 0) is 10.0 Å². The van der Waals surface area contributed by atoms with Gasteiger partial charge in [-0.15, -0.1) is 0 Å². The number of piperidine rings is 1. The molecule has 1 aromatic heterocycles. The van der Waals surface area contributed by atoms with Crippen LogP contribution in [0.2, 0.25) is 5.02 Å². The highest BCUT2D eigenvalue weighted by molar-refractivity contribution is 7.89. The number of anilines is 1. The highest BCUT2D eigenvalue weighted by Crippen LogP contribution is 2.26. The van der Waals surface area contributed by atoms with Crippen LogP contribution in [0.1, 0.15) is 24.0 Å². The van der Waals surface area contributed by atoms with E-state index >= 15 is 0 Å². The third kappa shape index (κ3) is 3.84. The van der Waals surface area contributed by atoms with Gasteiger partial charge in [-0.2, -0.15) is 4.31 Å². The van der Waals surface area contributed by atoms with Gasteiger partial charge in [0.15, 0.2) is 0 Å². The molecule has 0 N–H and O–H groups in total. The van der Waals surface area contributed by atoms with Crippen molar-refractivity contribution in [1.29, 1.82) is 0 Å². The lowest BCUT2D eigenvalue weighted by Crippen LogP contribution is -2.46. The summed E-state index contributed by atoms with van der Waals surface area (Å²) < 4.78 is 27.5. The maximum Gasteiger partial charge on any atom is 0.243 e. The van der Waals surface area contributed by atoms with Gasteiger partial charge in [0.1, 0.15) is 0 Å². The summed E-state index contributed by atoms with van der Waals surface area (Å²) in [6, 6.07) is 5.66. The van der Waals surface area contributed by atoms with Crippen molar-refractivity contribution in [3.8, 4) is 0 Å². The van der Waals surface area contributed by atoms with E-state index in [1.165, 1.54) is 0 Å². The molecule has 26 heavy (non-hydrogen) atoms. The summed E-state index contributed by atoms with van der Waals surface area (Å²) in [6.45, 7) is 4.78. The lowest BCUT2D eigenvalue weighted by atomic mass is 10.1. The molecule has 0 radical (unpaired) electrons. The molecule has 3 rings (SSSR count). The number of hydrogen-bond acceptors (Lipinski definition) is 5. The number of nitrogens with zero attached hydrogens (tertiary/aromatic N) is 4. The predicted molar refractivity (Wildman–Crippen MR) is 103 cm³/mol. The quantitative estimate of drug-likeness (QED) is 0.797. The van der Waals surface area contributed by atoms with Gasteiger partial charge in [0.25, 0.3) is 0 Å². The fourth-order valence-corrected chi connectivity index (χ4v) is 5.12. The Morgan fingerprint density at radius 1 is 1.15 bits per heavy atom. The number of sulfonamides is 1. The summed E-state index contributed by atoms with van der Waals surface area (Å²) in [5.74, 6) is 0.602. The first-order chi connectivity index (χ1) is 12.3. The number of aryl methyl sites for hydroxylation is 2. The molecular weight excluding hydrogens is 372 g/mol. The van der Waals surface area contributed by atoms with E-state index in [0.29, 0.717) is 29.0 Å². The zero-order valence-electron chi connectivity index (χ0n) is 15.2. The predicted octanol–water partition coefficient (Wildman–Crippen LogP) is 3.04. The van der Waals surface area contributed by atoms with Crippen molar-refractivity contribution in [2.24, 2.45) is 0 Å². The first-order valence-corrected chi connectivity index (χ1v) is 10.4. The van der Waals surface area contributed by atoms with Crippen LogP contribution in [0.5, 0.6) is 0 Å². The van der Waals surface area contributed by atoms with Crippen LogP contribution in [0.25, 0.3) is 0 Å². The van der Waals surface area contributed by atoms with Gasteiger partial charge < -0.3 is 4.90 Å². The summed E-state index contributed by atoms with van der Waals surface area (Å²) >= 11 is 5.84. The minimum atomic E-state index is -3.46. The van der Waals surface area contributed by atoms with Gasteiger partial charge in [0.05, 0.1) is 22.3 Å². The Labute approximate surface area is 159 Å². The Morgan fingerprint density at radius 2 is 1.77 bits per heavy atom. The van der Waals surface area contributed by atoms with E-state index in [-0.39, 0.29) is 6.04 Å². The van der Waals surface area contributed by atoms with E-state index in [9.17, 15) is 8.42 Å². The van der Waals surface area contributed by atoms with Gasteiger partial charge in [0.2, 0.25) is 16.0 Å². The minimum absolute atomic E-state index is 0.196. The molecule has 0 unspecified atom stereocenters. The van der Waals surface area contributed by atoms with Crippen LogP contribution in [-0.4, -0.2) is 48.9 Å². The normalized spacial score (nSPS) is 16.6. The molecule has 6 nitrogen and oxygen atoms in total. The zero-order chi connectivity index (χ0) is 18.9. The van der Waals surface area contributed by atoms with E-state index < -0.39 is 10.0 Å². The van der Waals surface area contributed by atoms with Crippen molar-refractivity contribution in [3.63, 3.8) is 0 Å². The van der Waals surface area contributed by atoms with Gasteiger partial charge >= 0.3 is 0 Å². The lowest BCUT2D eigenvalue weighted by Gasteiger charge is -2.36. The molecule has 1 fully saturated rings. The average molecular weight is 395 g/mol. The first kappa shape index (κ1) is 19.1. The third-order valence-corrected chi connectivity index (χ3v) is 7.10. The van der Waals surface area contributed by atoms with Crippen molar-refractivity contribution in [2.45, 2.75) is 37.6 Å². The summed E-state index contributed by atoms with van der Waals surface area (Å²) in [5.41, 5.74) is 1.85. The van der Waals surface area contributed by atoms with Gasteiger partial charge in [-0.25, -0.2) is 18.4 Å². The van der Waals surface area contributed by atoms with E-state index in [1.54, 1.807) is 22.8 Å². The molecule has 140 valence electrons. The molecular formula is C18H23ClN4O2S. The number of hydrogen-bond donors (Lipinski definition) is 0. The van der Waals surface area contributed by atoms with Crippen LogP contribution in [0, 0.1) is 13.8 Å². The second-order valence-electron chi connectivity index (χ2n) is 6.72. The molecule has 1 aromatic carbocycles. The Morgan fingerprint density at radius 3 is 2.35 bits per heavy atom. The monoisotopic (exact) mass is 394 g/mol. The molecule has 1 aliphatic rings. The highest BCUT2D eigenvalue weighted by atomic mass is 35.5. The number of aromatic nitrogens is 2. The molecule has 2 heterocycles. The molecule has 0 spiro atoms. The number of rotatable bonds is 4. The smallest absolute Gasteiger partial charge is 0.243 e. The summed E-state index contributed by atoms with van der Waals surface area (Å²) in [4.78, 5) is 10.9. The van der Waals surface area contributed by atoms with Crippen molar-refractivity contribution in [3.05, 3.63) is 46.7 Å². The van der Waals surface area contributed by atoms with E-state index in [2.05, 4.69) is 9.97 Å². The summed E-state index contributed by atoms with van der Waals surface area (Å²) in [5, 5.41) is 0.497. The molecule has 2 aromatic rings. The van der Waals surface area contributed by atoms with Crippen molar-refractivity contribution >= 4 is 27.6 Å². The van der Waals surface area contributed by atoms with Crippen LogP contribution >= 0.6 is 11.6 Å². The summed E-state index contributed by atoms with van der Waals surface area (Å²) in [6.07, 6.45) is 4.60. The third-order valence-electron chi connectivity index (χ3n) is 4.84. The lowest BCUT2D eigenvalue weighted by molar-refractivity contribution is 0.313. The molecule has 1 aliphatic heterocycles. The molecule has 0 amide bonds. The molecule has 1 saturated heterocycles. The molecule has 0 aliphatic carbocycles. The standard InChI is InChI=1S/C18H23ClN4O2S/c1-13-4-5-17(14(2)10-13)26(24,25)23-8-6-16(7-9-23)22(3)18-20-11-15(19)12-21-18/h4-5,10-12,16H,6-9H2,1-3H3. The Kier molecular flexibility index (Phi) is 5.50. The fraction of sp³-hybridized carbons (Fsp3) is 0.444. The van der Waals surface area contributed by atoms with Gasteiger partial charge in [0, 0.05) is 26.2 Å². The van der Waals surface area contributed by atoms with Gasteiger partial charge in [-0.1, -0.05) is 29.3 Å². The largest absolute Gasteiger partial charge is 0.341 e. The maximum atomic E-state index is 13.0. The molecule has 0 bridgehead atoms. The van der Waals surface area contributed by atoms with E-state index in [4.69, 9.17) is 11.6 Å². The fourth-order valence-electron chi connectivity index (χ4n) is 3.35. The molecule has 0 saturated carbocycles. The molecule has 8 heteroatoms. The second-order valence-corrected chi connectivity index (χ2v) is 9.06. The SMILES string of the molecule is Cc1ccc(S(=O)(=O)N2CCC(N(C)c3ncc(Cl)cn3)CC2)c(C)c1. The highest BCUT2D eigenvalue weighted by Gasteiger charge is 2.32. The van der Waals surface area contributed by atoms with Crippen molar-refractivity contribution < 1.29 is 8.42 Å². The van der Waals surface area contributed by atoms with E-state index in [1.807, 2.05) is 37.9 Å². The zero-order valence-corrected chi connectivity index (χ0v) is 16.8. The second kappa shape index (κ2) is 7.50. The van der Waals surface area contributed by atoms with Crippen LogP contribution in [0.4, 0.5) is 5.95 Å². The van der Waals surface area contributed by atoms with E-state index in [0.717, 1.165) is 24.0 Å². The van der Waals surface area contributed by atoms with Gasteiger partial charge in [-0.3, -0.25) is 0 Å². The minimum Gasteiger partial charge on any atom is -0.341 e. The Hall–Kier alpha value is -1.70. The van der Waals surface area contributed by atoms with Crippen LogP contribution in [0.15, 0.2) is 35.5 Å². The van der Waals surface area contributed by atoms with Crippen molar-refractivity contribution in [2.75, 3.05) is 25.0 Å².